The van der Waals surface area contributed by atoms with E-state index in [2.05, 4.69) is 11.2 Å². The van der Waals surface area contributed by atoms with Crippen molar-refractivity contribution in [1.82, 2.24) is 15.3 Å². The molecule has 5 nitrogen and oxygen atoms in total. The number of aromatic nitrogens is 2. The average Bonchev–Trinajstić information content (AvgIpc) is 2.82. The van der Waals surface area contributed by atoms with Gasteiger partial charge < -0.3 is 10.4 Å². The van der Waals surface area contributed by atoms with Gasteiger partial charge in [-0.1, -0.05) is 24.1 Å². The number of halogens is 1. The van der Waals surface area contributed by atoms with Crippen LogP contribution in [0.1, 0.15) is 15.9 Å². The summed E-state index contributed by atoms with van der Waals surface area (Å²) in [6, 6.07) is 18.4. The number of rotatable bonds is 5. The van der Waals surface area contributed by atoms with Crippen LogP contribution in [0.25, 0.3) is 33.5 Å². The van der Waals surface area contributed by atoms with Crippen LogP contribution in [0.5, 0.6) is 0 Å². The monoisotopic (exact) mass is 411 g/mol. The lowest BCUT2D eigenvalue weighted by atomic mass is 10.0. The number of benzene rings is 3. The molecule has 0 radical (unpaired) electrons. The van der Waals surface area contributed by atoms with Gasteiger partial charge in [0.15, 0.2) is 0 Å². The van der Waals surface area contributed by atoms with E-state index in [9.17, 15) is 14.3 Å². The molecule has 2 N–H and O–H groups in total. The van der Waals surface area contributed by atoms with Crippen LogP contribution in [0, 0.1) is 18.2 Å². The van der Waals surface area contributed by atoms with E-state index in [0.717, 1.165) is 11.1 Å². The molecule has 31 heavy (non-hydrogen) atoms. The third-order valence-electron chi connectivity index (χ3n) is 4.78. The molecule has 0 aliphatic heterocycles. The first kappa shape index (κ1) is 20.2. The lowest BCUT2D eigenvalue weighted by Gasteiger charge is -2.12. The SMILES string of the molecule is C#CCNC(=O)c1ccc2nc(-c3ccc(F)cc3)c(-c3cccc(CO)c3)nc2c1. The number of carbonyl (C=O) groups excluding carboxylic acids is 1. The minimum atomic E-state index is -0.344. The normalized spacial score (nSPS) is 10.6. The molecule has 0 saturated carbocycles. The van der Waals surface area contributed by atoms with Gasteiger partial charge in [0.2, 0.25) is 0 Å². The second-order valence-corrected chi connectivity index (χ2v) is 6.88. The number of nitrogens with one attached hydrogen (secondary N) is 1. The van der Waals surface area contributed by atoms with Crippen molar-refractivity contribution in [2.75, 3.05) is 6.54 Å². The first-order valence-electron chi connectivity index (χ1n) is 9.58. The number of amides is 1. The molecular weight excluding hydrogens is 393 g/mol. The molecule has 1 amide bonds. The van der Waals surface area contributed by atoms with Crippen LogP contribution in [0.2, 0.25) is 0 Å². The summed E-state index contributed by atoms with van der Waals surface area (Å²) in [6.45, 7) is 0.0193. The highest BCUT2D eigenvalue weighted by Gasteiger charge is 2.15. The lowest BCUT2D eigenvalue weighted by molar-refractivity contribution is 0.0959. The maximum absolute atomic E-state index is 13.5. The summed E-state index contributed by atoms with van der Waals surface area (Å²) in [7, 11) is 0. The molecular formula is C25H18FN3O2. The molecule has 1 aromatic heterocycles. The Balaban J connectivity index is 1.91. The quantitative estimate of drug-likeness (QED) is 0.488. The summed E-state index contributed by atoms with van der Waals surface area (Å²) < 4.78 is 13.5. The maximum Gasteiger partial charge on any atom is 0.252 e. The summed E-state index contributed by atoms with van der Waals surface area (Å²) in [6.07, 6.45) is 5.21. The minimum absolute atomic E-state index is 0.111. The molecule has 0 atom stereocenters. The molecule has 0 fully saturated rings. The molecule has 0 spiro atoms. The molecule has 4 rings (SSSR count). The van der Waals surface area contributed by atoms with Crippen LogP contribution in [0.3, 0.4) is 0 Å². The van der Waals surface area contributed by atoms with E-state index in [1.807, 2.05) is 24.3 Å². The van der Waals surface area contributed by atoms with Crippen LogP contribution in [-0.4, -0.2) is 27.5 Å². The zero-order valence-electron chi connectivity index (χ0n) is 16.5. The van der Waals surface area contributed by atoms with Gasteiger partial charge in [0, 0.05) is 16.7 Å². The number of terminal acetylenes is 1. The highest BCUT2D eigenvalue weighted by Crippen LogP contribution is 2.32. The van der Waals surface area contributed by atoms with E-state index in [4.69, 9.17) is 16.4 Å². The number of hydrogen-bond donors (Lipinski definition) is 2. The van der Waals surface area contributed by atoms with E-state index in [-0.39, 0.29) is 24.9 Å². The second kappa shape index (κ2) is 8.74. The Kier molecular flexibility index (Phi) is 5.69. The summed E-state index contributed by atoms with van der Waals surface area (Å²) in [4.78, 5) is 21.8. The molecule has 152 valence electrons. The van der Waals surface area contributed by atoms with Gasteiger partial charge in [-0.3, -0.25) is 4.79 Å². The van der Waals surface area contributed by atoms with Gasteiger partial charge in [0.25, 0.3) is 5.91 Å². The molecule has 1 heterocycles. The van der Waals surface area contributed by atoms with Crippen LogP contribution >= 0.6 is 0 Å². The van der Waals surface area contributed by atoms with E-state index >= 15 is 0 Å². The Labute approximate surface area is 178 Å². The number of aliphatic hydroxyl groups excluding tert-OH is 1. The fraction of sp³-hybridized carbons (Fsp3) is 0.0800. The number of nitrogens with zero attached hydrogens (tertiary/aromatic N) is 2. The predicted molar refractivity (Wildman–Crippen MR) is 117 cm³/mol. The van der Waals surface area contributed by atoms with Gasteiger partial charge in [-0.2, -0.15) is 0 Å². The van der Waals surface area contributed by atoms with E-state index in [0.29, 0.717) is 33.5 Å². The highest BCUT2D eigenvalue weighted by molar-refractivity contribution is 5.98. The third-order valence-corrected chi connectivity index (χ3v) is 4.78. The first-order chi connectivity index (χ1) is 15.1. The largest absolute Gasteiger partial charge is 0.392 e. The van der Waals surface area contributed by atoms with Crippen molar-refractivity contribution >= 4 is 16.9 Å². The molecule has 0 unspecified atom stereocenters. The maximum atomic E-state index is 13.5. The molecule has 0 aliphatic carbocycles. The summed E-state index contributed by atoms with van der Waals surface area (Å²) in [5.74, 6) is 1.73. The van der Waals surface area contributed by atoms with Crippen molar-refractivity contribution < 1.29 is 14.3 Å². The number of carbonyl (C=O) groups is 1. The smallest absolute Gasteiger partial charge is 0.252 e. The van der Waals surface area contributed by atoms with Gasteiger partial charge in [-0.15, -0.1) is 6.42 Å². The van der Waals surface area contributed by atoms with Crippen LogP contribution in [-0.2, 0) is 6.61 Å². The molecule has 6 heteroatoms. The van der Waals surface area contributed by atoms with Crippen LogP contribution in [0.15, 0.2) is 66.7 Å². The van der Waals surface area contributed by atoms with Crippen molar-refractivity contribution in [3.63, 3.8) is 0 Å². The second-order valence-electron chi connectivity index (χ2n) is 6.88. The Hall–Kier alpha value is -4.08. The van der Waals surface area contributed by atoms with Gasteiger partial charge >= 0.3 is 0 Å². The van der Waals surface area contributed by atoms with E-state index in [1.54, 1.807) is 30.3 Å². The third kappa shape index (κ3) is 4.27. The van der Waals surface area contributed by atoms with Crippen molar-refractivity contribution in [3.05, 3.63) is 83.7 Å². The fourth-order valence-electron chi connectivity index (χ4n) is 3.26. The molecule has 4 aromatic rings. The van der Waals surface area contributed by atoms with Gasteiger partial charge in [0.05, 0.1) is 35.6 Å². The topological polar surface area (TPSA) is 75.1 Å². The standard InChI is InChI=1S/C25H18FN3O2/c1-2-12-27-25(31)19-8-11-21-22(14-19)29-24(18-5-3-4-16(13-18)15-30)23(28-21)17-6-9-20(26)10-7-17/h1,3-11,13-14,30H,12,15H2,(H,27,31). The Bertz CT molecular complexity index is 1310. The van der Waals surface area contributed by atoms with Crippen molar-refractivity contribution in [1.29, 1.82) is 0 Å². The Morgan fingerprint density at radius 3 is 2.45 bits per heavy atom. The average molecular weight is 411 g/mol. The predicted octanol–water partition coefficient (Wildman–Crippen LogP) is 3.96. The molecule has 0 saturated heterocycles. The Morgan fingerprint density at radius 2 is 1.71 bits per heavy atom. The Morgan fingerprint density at radius 1 is 0.968 bits per heavy atom. The minimum Gasteiger partial charge on any atom is -0.392 e. The lowest BCUT2D eigenvalue weighted by Crippen LogP contribution is -2.23. The fourth-order valence-corrected chi connectivity index (χ4v) is 3.26. The summed E-state index contributed by atoms with van der Waals surface area (Å²) in [5.41, 5.74) is 4.87. The zero-order chi connectivity index (χ0) is 21.8. The van der Waals surface area contributed by atoms with E-state index < -0.39 is 0 Å². The van der Waals surface area contributed by atoms with Gasteiger partial charge in [-0.25, -0.2) is 14.4 Å². The van der Waals surface area contributed by atoms with Crippen molar-refractivity contribution in [3.8, 4) is 34.9 Å². The number of fused-ring (bicyclic) bond motifs is 1. The molecule has 3 aromatic carbocycles. The van der Waals surface area contributed by atoms with Crippen LogP contribution < -0.4 is 5.32 Å². The van der Waals surface area contributed by atoms with Crippen LogP contribution in [0.4, 0.5) is 4.39 Å². The van der Waals surface area contributed by atoms with E-state index in [1.165, 1.54) is 12.1 Å². The molecule has 0 bridgehead atoms. The zero-order valence-corrected chi connectivity index (χ0v) is 16.5. The van der Waals surface area contributed by atoms with Crippen molar-refractivity contribution in [2.45, 2.75) is 6.61 Å². The number of aliphatic hydroxyl groups is 1. The molecule has 0 aliphatic rings. The van der Waals surface area contributed by atoms with Gasteiger partial charge in [0.1, 0.15) is 5.82 Å². The summed E-state index contributed by atoms with van der Waals surface area (Å²) in [5, 5.41) is 12.2. The van der Waals surface area contributed by atoms with Gasteiger partial charge in [-0.05, 0) is 54.1 Å². The number of hydrogen-bond acceptors (Lipinski definition) is 4. The first-order valence-corrected chi connectivity index (χ1v) is 9.58. The highest BCUT2D eigenvalue weighted by atomic mass is 19.1. The summed E-state index contributed by atoms with van der Waals surface area (Å²) >= 11 is 0. The van der Waals surface area contributed by atoms with Crippen molar-refractivity contribution in [2.24, 2.45) is 0 Å².